The Bertz CT molecular complexity index is 546. The Morgan fingerprint density at radius 3 is 2.32 bits per heavy atom. The number of thiazole rings is 1. The third-order valence-corrected chi connectivity index (χ3v) is 3.97. The molecular formula is C13H13F3N2S. The second kappa shape index (κ2) is 5.30. The fraction of sp³-hybridized carbons (Fsp3) is 0.308. The molecule has 0 bridgehead atoms. The zero-order chi connectivity index (χ0) is 14.0. The van der Waals surface area contributed by atoms with Crippen LogP contribution >= 0.6 is 11.3 Å². The molecule has 2 rings (SSSR count). The summed E-state index contributed by atoms with van der Waals surface area (Å²) in [6.45, 7) is 2.02. The van der Waals surface area contributed by atoms with E-state index >= 15 is 0 Å². The Labute approximate surface area is 113 Å². The van der Waals surface area contributed by atoms with Gasteiger partial charge in [0.2, 0.25) is 0 Å². The van der Waals surface area contributed by atoms with E-state index in [4.69, 9.17) is 0 Å². The predicted octanol–water partition coefficient (Wildman–Crippen LogP) is 4.11. The van der Waals surface area contributed by atoms with Crippen LogP contribution in [0.1, 0.15) is 23.5 Å². The third kappa shape index (κ3) is 3.13. The summed E-state index contributed by atoms with van der Waals surface area (Å²) in [5.41, 5.74) is 1.84. The number of nitrogens with one attached hydrogen (secondary N) is 1. The van der Waals surface area contributed by atoms with Gasteiger partial charge in [0, 0.05) is 12.2 Å². The number of rotatable bonds is 3. The van der Waals surface area contributed by atoms with Crippen LogP contribution in [0.5, 0.6) is 0 Å². The van der Waals surface area contributed by atoms with E-state index in [1.54, 1.807) is 0 Å². The van der Waals surface area contributed by atoms with Gasteiger partial charge in [0.25, 0.3) is 0 Å². The third-order valence-electron chi connectivity index (χ3n) is 2.88. The molecule has 0 saturated heterocycles. The minimum absolute atomic E-state index is 0.209. The average molecular weight is 286 g/mol. The van der Waals surface area contributed by atoms with Crippen LogP contribution in [0.4, 0.5) is 13.2 Å². The van der Waals surface area contributed by atoms with Crippen LogP contribution < -0.4 is 5.32 Å². The Morgan fingerprint density at radius 1 is 1.21 bits per heavy atom. The molecule has 0 spiro atoms. The molecule has 0 saturated carbocycles. The van der Waals surface area contributed by atoms with Crippen LogP contribution in [0.2, 0.25) is 0 Å². The Hall–Kier alpha value is -1.40. The number of benzene rings is 1. The lowest BCUT2D eigenvalue weighted by Gasteiger charge is -2.10. The molecule has 102 valence electrons. The van der Waals surface area contributed by atoms with Gasteiger partial charge in [-0.25, -0.2) is 4.98 Å². The van der Waals surface area contributed by atoms with Crippen molar-refractivity contribution < 1.29 is 13.2 Å². The summed E-state index contributed by atoms with van der Waals surface area (Å²) < 4.78 is 37.4. The molecule has 0 amide bonds. The number of hydrogen-bond donors (Lipinski definition) is 1. The van der Waals surface area contributed by atoms with Gasteiger partial charge in [0.1, 0.15) is 0 Å². The van der Waals surface area contributed by atoms with Gasteiger partial charge < -0.3 is 5.32 Å². The molecule has 0 aliphatic rings. The van der Waals surface area contributed by atoms with Crippen molar-refractivity contribution >= 4 is 11.3 Å². The fourth-order valence-electron chi connectivity index (χ4n) is 1.64. The first-order valence-corrected chi connectivity index (χ1v) is 6.54. The molecule has 0 aliphatic heterocycles. The zero-order valence-corrected chi connectivity index (χ0v) is 11.3. The monoisotopic (exact) mass is 286 g/mol. The van der Waals surface area contributed by atoms with Crippen LogP contribution in [-0.2, 0) is 6.18 Å². The molecule has 0 fully saturated rings. The molecule has 1 aromatic heterocycles. The number of nitrogens with zero attached hydrogens (tertiary/aromatic N) is 1. The normalized spacial score (nSPS) is 13.5. The van der Waals surface area contributed by atoms with Crippen LogP contribution in [0.15, 0.2) is 30.5 Å². The molecule has 19 heavy (non-hydrogen) atoms. The van der Waals surface area contributed by atoms with E-state index in [9.17, 15) is 13.2 Å². The molecule has 1 heterocycles. The van der Waals surface area contributed by atoms with Gasteiger partial charge >= 0.3 is 6.18 Å². The summed E-state index contributed by atoms with van der Waals surface area (Å²) in [5.74, 6) is 0. The quantitative estimate of drug-likeness (QED) is 0.918. The first-order valence-electron chi connectivity index (χ1n) is 5.72. The maximum atomic E-state index is 12.5. The topological polar surface area (TPSA) is 24.9 Å². The number of alkyl halides is 3. The molecular weight excluding hydrogens is 273 g/mol. The number of aromatic nitrogens is 1. The highest BCUT2D eigenvalue weighted by molar-refractivity contribution is 7.15. The smallest absolute Gasteiger partial charge is 0.313 e. The lowest BCUT2D eigenvalue weighted by molar-refractivity contribution is -0.137. The van der Waals surface area contributed by atoms with Crippen molar-refractivity contribution in [2.45, 2.75) is 19.1 Å². The van der Waals surface area contributed by atoms with E-state index in [-0.39, 0.29) is 6.04 Å². The van der Waals surface area contributed by atoms with E-state index < -0.39 is 11.2 Å². The van der Waals surface area contributed by atoms with Crippen molar-refractivity contribution in [2.24, 2.45) is 0 Å². The summed E-state index contributed by atoms with van der Waals surface area (Å²) in [6.07, 6.45) is -3.10. The summed E-state index contributed by atoms with van der Waals surface area (Å²) in [7, 11) is 1.86. The molecule has 0 aliphatic carbocycles. The molecule has 1 aromatic carbocycles. The van der Waals surface area contributed by atoms with Gasteiger partial charge in [-0.2, -0.15) is 13.2 Å². The van der Waals surface area contributed by atoms with E-state index in [0.717, 1.165) is 11.1 Å². The molecule has 1 atom stereocenters. The maximum Gasteiger partial charge on any atom is 0.443 e. The molecule has 6 heteroatoms. The highest BCUT2D eigenvalue weighted by Gasteiger charge is 2.34. The van der Waals surface area contributed by atoms with Gasteiger partial charge in [-0.1, -0.05) is 24.3 Å². The summed E-state index contributed by atoms with van der Waals surface area (Å²) >= 11 is 0.661. The molecule has 2 aromatic rings. The van der Waals surface area contributed by atoms with E-state index in [1.165, 1.54) is 6.20 Å². The van der Waals surface area contributed by atoms with E-state index in [1.807, 2.05) is 38.2 Å². The second-order valence-corrected chi connectivity index (χ2v) is 5.19. The largest absolute Gasteiger partial charge is 0.443 e. The molecule has 1 unspecified atom stereocenters. The van der Waals surface area contributed by atoms with Crippen molar-refractivity contribution in [1.82, 2.24) is 10.3 Å². The standard InChI is InChI=1S/C13H13F3N2S/c1-8(17-2)9-3-5-10(6-4-9)11-7-18-12(19-11)13(14,15)16/h3-8,17H,1-2H3. The number of hydrogen-bond acceptors (Lipinski definition) is 3. The van der Waals surface area contributed by atoms with Crippen LogP contribution in [-0.4, -0.2) is 12.0 Å². The van der Waals surface area contributed by atoms with Gasteiger partial charge in [0.15, 0.2) is 5.01 Å². The Morgan fingerprint density at radius 2 is 1.84 bits per heavy atom. The molecule has 0 radical (unpaired) electrons. The predicted molar refractivity (Wildman–Crippen MR) is 70.0 cm³/mol. The fourth-order valence-corrected chi connectivity index (χ4v) is 2.43. The summed E-state index contributed by atoms with van der Waals surface area (Å²) in [6, 6.07) is 7.65. The zero-order valence-electron chi connectivity index (χ0n) is 10.5. The summed E-state index contributed by atoms with van der Waals surface area (Å²) in [5, 5.41) is 2.30. The highest BCUT2D eigenvalue weighted by atomic mass is 32.1. The summed E-state index contributed by atoms with van der Waals surface area (Å²) in [4.78, 5) is 3.94. The van der Waals surface area contributed by atoms with Crippen LogP contribution in [0.3, 0.4) is 0 Å². The first kappa shape index (κ1) is 14.0. The SMILES string of the molecule is CNC(C)c1ccc(-c2cnc(C(F)(F)F)s2)cc1. The lowest BCUT2D eigenvalue weighted by Crippen LogP contribution is -2.11. The van der Waals surface area contributed by atoms with Crippen molar-refractivity contribution in [3.05, 3.63) is 41.0 Å². The Kier molecular flexibility index (Phi) is 3.91. The lowest BCUT2D eigenvalue weighted by atomic mass is 10.1. The van der Waals surface area contributed by atoms with E-state index in [2.05, 4.69) is 10.3 Å². The van der Waals surface area contributed by atoms with Crippen molar-refractivity contribution in [1.29, 1.82) is 0 Å². The molecule has 2 nitrogen and oxygen atoms in total. The molecule has 1 N–H and O–H groups in total. The van der Waals surface area contributed by atoms with Gasteiger partial charge in [-0.3, -0.25) is 0 Å². The average Bonchev–Trinajstić information content (AvgIpc) is 2.87. The van der Waals surface area contributed by atoms with Gasteiger partial charge in [0.05, 0.1) is 4.88 Å². The van der Waals surface area contributed by atoms with Crippen LogP contribution in [0.25, 0.3) is 10.4 Å². The maximum absolute atomic E-state index is 12.5. The Balaban J connectivity index is 2.25. The van der Waals surface area contributed by atoms with Gasteiger partial charge in [-0.05, 0) is 25.1 Å². The van der Waals surface area contributed by atoms with Crippen molar-refractivity contribution in [3.8, 4) is 10.4 Å². The minimum Gasteiger partial charge on any atom is -0.313 e. The number of halogens is 3. The second-order valence-electron chi connectivity index (χ2n) is 4.16. The van der Waals surface area contributed by atoms with E-state index in [0.29, 0.717) is 16.2 Å². The van der Waals surface area contributed by atoms with Gasteiger partial charge in [-0.15, -0.1) is 11.3 Å². The van der Waals surface area contributed by atoms with Crippen molar-refractivity contribution in [2.75, 3.05) is 7.05 Å². The first-order chi connectivity index (χ1) is 8.91. The minimum atomic E-state index is -4.37. The highest BCUT2D eigenvalue weighted by Crippen LogP contribution is 2.36. The van der Waals surface area contributed by atoms with Crippen molar-refractivity contribution in [3.63, 3.8) is 0 Å². The van der Waals surface area contributed by atoms with Crippen LogP contribution in [0, 0.1) is 0 Å².